The molecule has 0 spiro atoms. The van der Waals surface area contributed by atoms with Gasteiger partial charge in [0, 0.05) is 19.1 Å². The molecule has 2 rings (SSSR count). The zero-order chi connectivity index (χ0) is 21.8. The van der Waals surface area contributed by atoms with Gasteiger partial charge in [-0.15, -0.1) is 0 Å². The van der Waals surface area contributed by atoms with Crippen molar-refractivity contribution >= 4 is 21.9 Å². The number of amides is 1. The highest BCUT2D eigenvalue weighted by Gasteiger charge is 2.32. The number of benzene rings is 1. The third-order valence-electron chi connectivity index (χ3n) is 4.84. The van der Waals surface area contributed by atoms with E-state index >= 15 is 0 Å². The Balaban J connectivity index is 1.98. The monoisotopic (exact) mass is 426 g/mol. The van der Waals surface area contributed by atoms with Crippen molar-refractivity contribution in [3.05, 3.63) is 29.8 Å². The second kappa shape index (κ2) is 9.69. The fourth-order valence-corrected chi connectivity index (χ4v) is 4.51. The van der Waals surface area contributed by atoms with E-state index in [9.17, 15) is 18.0 Å². The van der Waals surface area contributed by atoms with Gasteiger partial charge in [-0.05, 0) is 51.0 Å². The SMILES string of the molecule is CC(C)[C@H](C)NC(=O)COC(=O)c1ccc(S(=O)(=O)N2C[C@@H](C)O[C@H](C)C2)cc1. The van der Waals surface area contributed by atoms with Crippen LogP contribution in [-0.2, 0) is 24.3 Å². The van der Waals surface area contributed by atoms with E-state index in [-0.39, 0.29) is 60.2 Å². The zero-order valence-electron chi connectivity index (χ0n) is 17.5. The maximum Gasteiger partial charge on any atom is 0.338 e. The highest BCUT2D eigenvalue weighted by Crippen LogP contribution is 2.21. The second-order valence-electron chi connectivity index (χ2n) is 7.78. The smallest absolute Gasteiger partial charge is 0.338 e. The van der Waals surface area contributed by atoms with Crippen LogP contribution in [0.1, 0.15) is 45.0 Å². The van der Waals surface area contributed by atoms with Crippen LogP contribution in [0, 0.1) is 5.92 Å². The van der Waals surface area contributed by atoms with Crippen molar-refractivity contribution in [1.29, 1.82) is 0 Å². The molecule has 0 aliphatic carbocycles. The number of carbonyl (C=O) groups excluding carboxylic acids is 2. The largest absolute Gasteiger partial charge is 0.452 e. The van der Waals surface area contributed by atoms with Crippen LogP contribution in [-0.4, -0.2) is 62.5 Å². The first-order valence-electron chi connectivity index (χ1n) is 9.73. The summed E-state index contributed by atoms with van der Waals surface area (Å²) < 4.78 is 37.6. The van der Waals surface area contributed by atoms with Gasteiger partial charge in [0.15, 0.2) is 6.61 Å². The van der Waals surface area contributed by atoms with E-state index in [1.54, 1.807) is 0 Å². The molecule has 1 aromatic carbocycles. The van der Waals surface area contributed by atoms with E-state index in [1.807, 2.05) is 34.6 Å². The summed E-state index contributed by atoms with van der Waals surface area (Å²) in [5.41, 5.74) is 0.178. The number of esters is 1. The number of morpholine rings is 1. The van der Waals surface area contributed by atoms with Gasteiger partial charge >= 0.3 is 5.97 Å². The third kappa shape index (κ3) is 6.25. The van der Waals surface area contributed by atoms with Gasteiger partial charge in [0.1, 0.15) is 0 Å². The molecule has 0 aromatic heterocycles. The number of rotatable bonds is 7. The molecule has 0 radical (unpaired) electrons. The predicted octanol–water partition coefficient (Wildman–Crippen LogP) is 1.80. The molecule has 0 saturated carbocycles. The summed E-state index contributed by atoms with van der Waals surface area (Å²) in [6, 6.07) is 5.49. The minimum absolute atomic E-state index is 0.0312. The topological polar surface area (TPSA) is 102 Å². The van der Waals surface area contributed by atoms with Crippen molar-refractivity contribution < 1.29 is 27.5 Å². The Hall–Kier alpha value is -1.97. The molecule has 29 heavy (non-hydrogen) atoms. The molecule has 1 aliphatic heterocycles. The summed E-state index contributed by atoms with van der Waals surface area (Å²) in [5.74, 6) is -0.800. The van der Waals surface area contributed by atoms with E-state index in [4.69, 9.17) is 9.47 Å². The standard InChI is InChI=1S/C20H30N2O6S/c1-13(2)16(5)21-19(23)12-27-20(24)17-6-8-18(9-7-17)29(25,26)22-10-14(3)28-15(4)11-22/h6-9,13-16H,10-12H2,1-5H3,(H,21,23)/t14-,15-,16+/m1/s1. The molecule has 3 atom stereocenters. The van der Waals surface area contributed by atoms with E-state index in [1.165, 1.54) is 28.6 Å². The number of carbonyl (C=O) groups is 2. The molecule has 8 nitrogen and oxygen atoms in total. The summed E-state index contributed by atoms with van der Waals surface area (Å²) in [5, 5.41) is 2.75. The Morgan fingerprint density at radius 1 is 1.14 bits per heavy atom. The molecule has 1 aliphatic rings. The first-order chi connectivity index (χ1) is 13.5. The van der Waals surface area contributed by atoms with Gasteiger partial charge in [0.2, 0.25) is 10.0 Å². The van der Waals surface area contributed by atoms with Crippen molar-refractivity contribution in [2.75, 3.05) is 19.7 Å². The third-order valence-corrected chi connectivity index (χ3v) is 6.68. The molecule has 162 valence electrons. The van der Waals surface area contributed by atoms with Gasteiger partial charge in [0.05, 0.1) is 22.7 Å². The van der Waals surface area contributed by atoms with Crippen LogP contribution in [0.25, 0.3) is 0 Å². The number of hydrogen-bond donors (Lipinski definition) is 1. The molecule has 9 heteroatoms. The number of ether oxygens (including phenoxy) is 2. The van der Waals surface area contributed by atoms with Crippen LogP contribution in [0.15, 0.2) is 29.2 Å². The summed E-state index contributed by atoms with van der Waals surface area (Å²) in [4.78, 5) is 24.1. The van der Waals surface area contributed by atoms with Crippen LogP contribution >= 0.6 is 0 Å². The normalized spacial score (nSPS) is 21.6. The van der Waals surface area contributed by atoms with Gasteiger partial charge in [-0.1, -0.05) is 13.8 Å². The van der Waals surface area contributed by atoms with Crippen LogP contribution in [0.4, 0.5) is 0 Å². The summed E-state index contributed by atoms with van der Waals surface area (Å²) in [6.45, 7) is 9.65. The average molecular weight is 427 g/mol. The van der Waals surface area contributed by atoms with E-state index < -0.39 is 16.0 Å². The zero-order valence-corrected chi connectivity index (χ0v) is 18.4. The van der Waals surface area contributed by atoms with Crippen molar-refractivity contribution in [2.45, 2.75) is 57.8 Å². The molecule has 0 unspecified atom stereocenters. The highest BCUT2D eigenvalue weighted by molar-refractivity contribution is 7.89. The van der Waals surface area contributed by atoms with E-state index in [0.29, 0.717) is 0 Å². The van der Waals surface area contributed by atoms with Crippen molar-refractivity contribution in [3.8, 4) is 0 Å². The van der Waals surface area contributed by atoms with Crippen molar-refractivity contribution in [1.82, 2.24) is 9.62 Å². The quantitative estimate of drug-likeness (QED) is 0.667. The summed E-state index contributed by atoms with van der Waals surface area (Å²) in [6.07, 6.45) is -0.375. The average Bonchev–Trinajstić information content (AvgIpc) is 2.65. The lowest BCUT2D eigenvalue weighted by Crippen LogP contribution is -2.48. The minimum atomic E-state index is -3.68. The fourth-order valence-electron chi connectivity index (χ4n) is 2.92. The van der Waals surface area contributed by atoms with E-state index in [0.717, 1.165) is 0 Å². The van der Waals surface area contributed by atoms with Crippen LogP contribution < -0.4 is 5.32 Å². The molecular formula is C20H30N2O6S. The minimum Gasteiger partial charge on any atom is -0.452 e. The molecule has 1 heterocycles. The maximum atomic E-state index is 12.8. The number of nitrogens with one attached hydrogen (secondary N) is 1. The summed E-state index contributed by atoms with van der Waals surface area (Å²) in [7, 11) is -3.68. The Morgan fingerprint density at radius 2 is 1.69 bits per heavy atom. The molecular weight excluding hydrogens is 396 g/mol. The predicted molar refractivity (Wildman–Crippen MR) is 108 cm³/mol. The van der Waals surface area contributed by atoms with Gasteiger partial charge in [-0.25, -0.2) is 13.2 Å². The van der Waals surface area contributed by atoms with Gasteiger partial charge in [0.25, 0.3) is 5.91 Å². The molecule has 1 aromatic rings. The molecule has 0 bridgehead atoms. The molecule has 1 amide bonds. The van der Waals surface area contributed by atoms with Crippen LogP contribution in [0.3, 0.4) is 0 Å². The Bertz CT molecular complexity index is 812. The highest BCUT2D eigenvalue weighted by atomic mass is 32.2. The second-order valence-corrected chi connectivity index (χ2v) is 9.72. The first-order valence-corrected chi connectivity index (χ1v) is 11.2. The lowest BCUT2D eigenvalue weighted by atomic mass is 10.1. The Labute approximate surface area is 172 Å². The molecule has 1 saturated heterocycles. The number of nitrogens with zero attached hydrogens (tertiary/aromatic N) is 1. The van der Waals surface area contributed by atoms with Gasteiger partial charge in [-0.2, -0.15) is 4.31 Å². The van der Waals surface area contributed by atoms with E-state index in [2.05, 4.69) is 5.32 Å². The lowest BCUT2D eigenvalue weighted by molar-refractivity contribution is -0.125. The molecule has 1 fully saturated rings. The number of sulfonamides is 1. The number of hydrogen-bond acceptors (Lipinski definition) is 6. The summed E-state index contributed by atoms with van der Waals surface area (Å²) >= 11 is 0. The maximum absolute atomic E-state index is 12.8. The Kier molecular flexibility index (Phi) is 7.79. The van der Waals surface area contributed by atoms with Gasteiger partial charge < -0.3 is 14.8 Å². The lowest BCUT2D eigenvalue weighted by Gasteiger charge is -2.34. The van der Waals surface area contributed by atoms with Crippen LogP contribution in [0.5, 0.6) is 0 Å². The molecule has 1 N–H and O–H groups in total. The Morgan fingerprint density at radius 3 is 2.21 bits per heavy atom. The van der Waals surface area contributed by atoms with Gasteiger partial charge in [-0.3, -0.25) is 4.79 Å². The van der Waals surface area contributed by atoms with Crippen molar-refractivity contribution in [3.63, 3.8) is 0 Å². The first kappa shape index (κ1) is 23.3. The van der Waals surface area contributed by atoms with Crippen LogP contribution in [0.2, 0.25) is 0 Å². The van der Waals surface area contributed by atoms with Crippen molar-refractivity contribution in [2.24, 2.45) is 5.92 Å². The fraction of sp³-hybridized carbons (Fsp3) is 0.600.